The molecule has 0 saturated carbocycles. The highest BCUT2D eigenvalue weighted by atomic mass is 16.5. The van der Waals surface area contributed by atoms with Crippen LogP contribution in [0.2, 0.25) is 0 Å². The van der Waals surface area contributed by atoms with E-state index in [-0.39, 0.29) is 12.5 Å². The monoisotopic (exact) mass is 421 g/mol. The molecule has 0 spiro atoms. The molecule has 1 aliphatic heterocycles. The molecule has 0 bridgehead atoms. The van der Waals surface area contributed by atoms with Gasteiger partial charge in [0, 0.05) is 38.4 Å². The van der Waals surface area contributed by atoms with Crippen molar-refractivity contribution in [3.05, 3.63) is 54.4 Å². The summed E-state index contributed by atoms with van der Waals surface area (Å²) in [6.07, 6.45) is 0. The lowest BCUT2D eigenvalue weighted by Gasteiger charge is -2.33. The fourth-order valence-electron chi connectivity index (χ4n) is 4.06. The maximum Gasteiger partial charge on any atom is 0.262 e. The number of anilines is 1. The summed E-state index contributed by atoms with van der Waals surface area (Å²) in [7, 11) is 0. The zero-order chi connectivity index (χ0) is 21.6. The molecular weight excluding hydrogens is 390 g/mol. The van der Waals surface area contributed by atoms with Crippen LogP contribution in [-0.2, 0) is 17.9 Å². The topological polar surface area (TPSA) is 62.6 Å². The van der Waals surface area contributed by atoms with Gasteiger partial charge in [0.2, 0.25) is 0 Å². The van der Waals surface area contributed by atoms with E-state index < -0.39 is 0 Å². The second kappa shape index (κ2) is 9.94. The first-order valence-corrected chi connectivity index (χ1v) is 11.1. The number of para-hydroxylation sites is 1. The zero-order valence-corrected chi connectivity index (χ0v) is 18.4. The van der Waals surface area contributed by atoms with Gasteiger partial charge in [-0.05, 0) is 43.8 Å². The molecule has 1 N–H and O–H groups in total. The number of carbonyl (C=O) groups is 1. The van der Waals surface area contributed by atoms with Gasteiger partial charge in [-0.3, -0.25) is 9.69 Å². The van der Waals surface area contributed by atoms with Gasteiger partial charge in [0.15, 0.2) is 6.61 Å². The van der Waals surface area contributed by atoms with E-state index >= 15 is 0 Å². The Labute approximate surface area is 183 Å². The molecule has 0 unspecified atom stereocenters. The number of rotatable bonds is 8. The van der Waals surface area contributed by atoms with Crippen LogP contribution < -0.4 is 10.1 Å². The number of carbonyl (C=O) groups excluding carboxylic acids is 1. The van der Waals surface area contributed by atoms with Gasteiger partial charge in [-0.25, -0.2) is 4.98 Å². The number of nitrogens with one attached hydrogen (secondary N) is 1. The van der Waals surface area contributed by atoms with Crippen LogP contribution in [0.5, 0.6) is 5.75 Å². The highest BCUT2D eigenvalue weighted by Gasteiger charge is 2.19. The lowest BCUT2D eigenvalue weighted by molar-refractivity contribution is -0.118. The summed E-state index contributed by atoms with van der Waals surface area (Å²) in [5, 5.41) is 2.91. The van der Waals surface area contributed by atoms with E-state index in [1.165, 1.54) is 0 Å². The maximum atomic E-state index is 12.3. The molecule has 4 rings (SSSR count). The molecule has 3 aromatic rings. The Kier molecular flexibility index (Phi) is 6.84. The molecule has 31 heavy (non-hydrogen) atoms. The number of amides is 1. The van der Waals surface area contributed by atoms with Crippen molar-refractivity contribution < 1.29 is 9.53 Å². The molecule has 1 aromatic heterocycles. The number of aryl methyl sites for hydroxylation is 1. The van der Waals surface area contributed by atoms with Gasteiger partial charge < -0.3 is 19.5 Å². The number of hydrogen-bond acceptors (Lipinski definition) is 5. The second-order valence-corrected chi connectivity index (χ2v) is 7.84. The van der Waals surface area contributed by atoms with Gasteiger partial charge >= 0.3 is 0 Å². The molecule has 2 aromatic carbocycles. The molecule has 7 nitrogen and oxygen atoms in total. The highest BCUT2D eigenvalue weighted by molar-refractivity contribution is 5.94. The predicted molar refractivity (Wildman–Crippen MR) is 123 cm³/mol. The predicted octanol–water partition coefficient (Wildman–Crippen LogP) is 3.21. The summed E-state index contributed by atoms with van der Waals surface area (Å²) in [6, 6.07) is 15.3. The van der Waals surface area contributed by atoms with Crippen molar-refractivity contribution in [1.82, 2.24) is 19.4 Å². The van der Waals surface area contributed by atoms with Crippen LogP contribution in [-0.4, -0.2) is 64.6 Å². The summed E-state index contributed by atoms with van der Waals surface area (Å²) in [5.74, 6) is 1.57. The number of ether oxygens (including phenoxy) is 1. The van der Waals surface area contributed by atoms with Crippen LogP contribution in [0.4, 0.5) is 5.69 Å². The van der Waals surface area contributed by atoms with Gasteiger partial charge in [-0.15, -0.1) is 0 Å². The fraction of sp³-hybridized carbons (Fsp3) is 0.417. The number of nitrogens with zero attached hydrogens (tertiary/aromatic N) is 4. The Hall–Kier alpha value is -2.90. The van der Waals surface area contributed by atoms with Crippen molar-refractivity contribution in [3.63, 3.8) is 0 Å². The number of benzene rings is 2. The molecule has 0 aliphatic carbocycles. The van der Waals surface area contributed by atoms with E-state index in [4.69, 9.17) is 9.72 Å². The van der Waals surface area contributed by atoms with Crippen LogP contribution in [0.3, 0.4) is 0 Å². The minimum atomic E-state index is -0.188. The van der Waals surface area contributed by atoms with E-state index in [9.17, 15) is 4.79 Å². The summed E-state index contributed by atoms with van der Waals surface area (Å²) in [5.41, 5.74) is 2.74. The highest BCUT2D eigenvalue weighted by Crippen LogP contribution is 2.22. The van der Waals surface area contributed by atoms with Crippen LogP contribution >= 0.6 is 0 Å². The number of aromatic nitrogens is 2. The average Bonchev–Trinajstić information content (AvgIpc) is 3.15. The number of fused-ring (bicyclic) bond motifs is 1. The SMILES string of the molecule is CCN1CCN(Cc2nc3cc(NC(=O)COc4ccccc4)ccc3n2CC)CC1. The first-order valence-electron chi connectivity index (χ1n) is 11.1. The molecule has 2 heterocycles. The van der Waals surface area contributed by atoms with Crippen LogP contribution in [0, 0.1) is 0 Å². The van der Waals surface area contributed by atoms with Gasteiger partial charge in [0.1, 0.15) is 11.6 Å². The summed E-state index contributed by atoms with van der Waals surface area (Å²) < 4.78 is 7.80. The molecule has 0 radical (unpaired) electrons. The Morgan fingerprint density at radius 3 is 2.45 bits per heavy atom. The Morgan fingerprint density at radius 1 is 1.00 bits per heavy atom. The van der Waals surface area contributed by atoms with Crippen molar-refractivity contribution in [2.45, 2.75) is 26.9 Å². The Bertz CT molecular complexity index is 1010. The van der Waals surface area contributed by atoms with Gasteiger partial charge in [0.05, 0.1) is 17.6 Å². The zero-order valence-electron chi connectivity index (χ0n) is 18.4. The lowest BCUT2D eigenvalue weighted by atomic mass is 10.2. The first kappa shape index (κ1) is 21.3. The number of hydrogen-bond donors (Lipinski definition) is 1. The largest absolute Gasteiger partial charge is 0.484 e. The van der Waals surface area contributed by atoms with Gasteiger partial charge in [-0.2, -0.15) is 0 Å². The second-order valence-electron chi connectivity index (χ2n) is 7.84. The van der Waals surface area contributed by atoms with E-state index in [1.807, 2.05) is 48.5 Å². The molecule has 0 atom stereocenters. The Balaban J connectivity index is 1.42. The molecule has 1 aliphatic rings. The molecular formula is C24H31N5O2. The van der Waals surface area contributed by atoms with E-state index in [0.29, 0.717) is 5.75 Å². The maximum absolute atomic E-state index is 12.3. The third kappa shape index (κ3) is 5.24. The molecule has 1 saturated heterocycles. The minimum absolute atomic E-state index is 0.0273. The van der Waals surface area contributed by atoms with Crippen LogP contribution in [0.25, 0.3) is 11.0 Å². The standard InChI is InChI=1S/C24H31N5O2/c1-3-27-12-14-28(15-13-27)17-23-26-21-16-19(10-11-22(21)29(23)4-2)25-24(30)18-31-20-8-6-5-7-9-20/h5-11,16H,3-4,12-15,17-18H2,1-2H3,(H,25,30). The third-order valence-electron chi connectivity index (χ3n) is 5.82. The van der Waals surface area contributed by atoms with Crippen molar-refractivity contribution in [2.75, 3.05) is 44.6 Å². The first-order chi connectivity index (χ1) is 15.2. The number of imidazole rings is 1. The van der Waals surface area contributed by atoms with E-state index in [2.05, 4.69) is 33.5 Å². The normalized spacial score (nSPS) is 15.3. The number of likely N-dealkylation sites (N-methyl/N-ethyl adjacent to an activating group) is 1. The quantitative estimate of drug-likeness (QED) is 0.605. The molecule has 164 valence electrons. The molecule has 1 fully saturated rings. The van der Waals surface area contributed by atoms with Gasteiger partial charge in [-0.1, -0.05) is 25.1 Å². The van der Waals surface area contributed by atoms with Crippen molar-refractivity contribution in [3.8, 4) is 5.75 Å². The smallest absolute Gasteiger partial charge is 0.262 e. The summed E-state index contributed by atoms with van der Waals surface area (Å²) >= 11 is 0. The van der Waals surface area contributed by atoms with E-state index in [0.717, 1.165) is 68.4 Å². The minimum Gasteiger partial charge on any atom is -0.484 e. The van der Waals surface area contributed by atoms with Crippen molar-refractivity contribution in [1.29, 1.82) is 0 Å². The average molecular weight is 422 g/mol. The Morgan fingerprint density at radius 2 is 1.74 bits per heavy atom. The van der Waals surface area contributed by atoms with E-state index in [1.54, 1.807) is 0 Å². The van der Waals surface area contributed by atoms with Crippen molar-refractivity contribution in [2.24, 2.45) is 0 Å². The summed E-state index contributed by atoms with van der Waals surface area (Å²) in [6.45, 7) is 11.6. The van der Waals surface area contributed by atoms with Gasteiger partial charge in [0.25, 0.3) is 5.91 Å². The fourth-order valence-corrected chi connectivity index (χ4v) is 4.06. The lowest BCUT2D eigenvalue weighted by Crippen LogP contribution is -2.45. The number of piperazine rings is 1. The van der Waals surface area contributed by atoms with Crippen molar-refractivity contribution >= 4 is 22.6 Å². The third-order valence-corrected chi connectivity index (χ3v) is 5.82. The molecule has 7 heteroatoms. The van der Waals surface area contributed by atoms with Crippen LogP contribution in [0.1, 0.15) is 19.7 Å². The molecule has 1 amide bonds. The summed E-state index contributed by atoms with van der Waals surface area (Å²) in [4.78, 5) is 22.2. The van der Waals surface area contributed by atoms with Crippen LogP contribution in [0.15, 0.2) is 48.5 Å².